The quantitative estimate of drug-likeness (QED) is 0.662. The first-order chi connectivity index (χ1) is 10.2. The molecule has 0 amide bonds. The van der Waals surface area contributed by atoms with Crippen molar-refractivity contribution in [3.8, 4) is 17.7 Å². The molecule has 2 rings (SSSR count). The van der Waals surface area contributed by atoms with Crippen LogP contribution in [0, 0.1) is 21.4 Å². The third-order valence-corrected chi connectivity index (χ3v) is 2.53. The Kier molecular flexibility index (Phi) is 4.26. The van der Waals surface area contributed by atoms with Gasteiger partial charge in [-0.3, -0.25) is 10.1 Å². The van der Waals surface area contributed by atoms with E-state index in [-0.39, 0.29) is 28.7 Å². The fourth-order valence-corrected chi connectivity index (χ4v) is 1.65. The summed E-state index contributed by atoms with van der Waals surface area (Å²) in [6.45, 7) is 2.25. The molecule has 8 heteroatoms. The molecular weight excluding hydrogens is 274 g/mol. The van der Waals surface area contributed by atoms with Gasteiger partial charge in [0.1, 0.15) is 18.1 Å². The third-order valence-electron chi connectivity index (χ3n) is 2.53. The average Bonchev–Trinajstić information content (AvgIpc) is 2.48. The normalized spacial score (nSPS) is 9.71. The molecule has 0 saturated carbocycles. The number of ether oxygens (including phenoxy) is 1. The lowest BCUT2D eigenvalue weighted by Crippen LogP contribution is -2.06. The number of nitro groups is 1. The maximum atomic E-state index is 11.2. The average molecular weight is 285 g/mol. The standard InChI is InChI=1S/C13H11N5O3/c1-2-15-12-11(18(19)20)13(17-8-16-12)21-10-6-4-3-5-9(10)7-14/h3-6,8H,2H2,1H3,(H,15,16,17). The van der Waals surface area contributed by atoms with Gasteiger partial charge in [-0.2, -0.15) is 10.2 Å². The Bertz CT molecular complexity index is 711. The molecule has 0 aliphatic rings. The topological polar surface area (TPSA) is 114 Å². The van der Waals surface area contributed by atoms with Crippen molar-refractivity contribution in [1.29, 1.82) is 5.26 Å². The van der Waals surface area contributed by atoms with Gasteiger partial charge in [0.2, 0.25) is 5.82 Å². The first-order valence-corrected chi connectivity index (χ1v) is 6.07. The monoisotopic (exact) mass is 285 g/mol. The van der Waals surface area contributed by atoms with Crippen LogP contribution < -0.4 is 10.1 Å². The van der Waals surface area contributed by atoms with E-state index in [1.165, 1.54) is 6.07 Å². The number of hydrogen-bond donors (Lipinski definition) is 1. The fraction of sp³-hybridized carbons (Fsp3) is 0.154. The lowest BCUT2D eigenvalue weighted by molar-refractivity contribution is -0.385. The number of nitrogens with one attached hydrogen (secondary N) is 1. The van der Waals surface area contributed by atoms with Crippen LogP contribution in [-0.4, -0.2) is 21.4 Å². The maximum absolute atomic E-state index is 11.2. The van der Waals surface area contributed by atoms with Crippen molar-refractivity contribution in [1.82, 2.24) is 9.97 Å². The van der Waals surface area contributed by atoms with Crippen LogP contribution in [0.3, 0.4) is 0 Å². The van der Waals surface area contributed by atoms with Crippen molar-refractivity contribution in [3.05, 3.63) is 46.3 Å². The molecule has 1 N–H and O–H groups in total. The summed E-state index contributed by atoms with van der Waals surface area (Å²) < 4.78 is 5.42. The number of hydrogen-bond acceptors (Lipinski definition) is 7. The molecule has 0 aliphatic heterocycles. The summed E-state index contributed by atoms with van der Waals surface area (Å²) in [5, 5.41) is 23.0. The molecule has 1 aromatic heterocycles. The van der Waals surface area contributed by atoms with E-state index in [1.54, 1.807) is 25.1 Å². The number of anilines is 1. The highest BCUT2D eigenvalue weighted by atomic mass is 16.6. The minimum atomic E-state index is -0.623. The van der Waals surface area contributed by atoms with E-state index in [4.69, 9.17) is 10.00 Å². The van der Waals surface area contributed by atoms with Gasteiger partial charge in [-0.15, -0.1) is 0 Å². The van der Waals surface area contributed by atoms with E-state index in [0.29, 0.717) is 6.54 Å². The Labute approximate surface area is 120 Å². The highest BCUT2D eigenvalue weighted by molar-refractivity contribution is 5.62. The molecule has 2 aromatic rings. The Morgan fingerprint density at radius 3 is 2.86 bits per heavy atom. The number of aromatic nitrogens is 2. The van der Waals surface area contributed by atoms with E-state index in [2.05, 4.69) is 15.3 Å². The molecule has 0 radical (unpaired) electrons. The molecule has 0 atom stereocenters. The molecule has 1 heterocycles. The van der Waals surface area contributed by atoms with Crippen molar-refractivity contribution in [2.45, 2.75) is 6.92 Å². The molecule has 106 valence electrons. The third kappa shape index (κ3) is 3.03. The summed E-state index contributed by atoms with van der Waals surface area (Å²) in [6.07, 6.45) is 1.16. The number of para-hydroxylation sites is 1. The molecule has 0 unspecified atom stereocenters. The Hall–Kier alpha value is -3.21. The molecule has 0 aliphatic carbocycles. The molecule has 0 spiro atoms. The van der Waals surface area contributed by atoms with Gasteiger partial charge < -0.3 is 10.1 Å². The van der Waals surface area contributed by atoms with E-state index in [1.807, 2.05) is 6.07 Å². The molecule has 1 aromatic carbocycles. The summed E-state index contributed by atoms with van der Waals surface area (Å²) >= 11 is 0. The lowest BCUT2D eigenvalue weighted by atomic mass is 10.2. The van der Waals surface area contributed by atoms with Gasteiger partial charge >= 0.3 is 11.6 Å². The van der Waals surface area contributed by atoms with Crippen LogP contribution in [0.1, 0.15) is 12.5 Å². The fourth-order valence-electron chi connectivity index (χ4n) is 1.65. The first-order valence-electron chi connectivity index (χ1n) is 6.07. The molecule has 0 fully saturated rings. The van der Waals surface area contributed by atoms with Crippen LogP contribution in [0.4, 0.5) is 11.5 Å². The Morgan fingerprint density at radius 2 is 2.19 bits per heavy atom. The van der Waals surface area contributed by atoms with E-state index < -0.39 is 4.92 Å². The van der Waals surface area contributed by atoms with Crippen LogP contribution in [0.25, 0.3) is 0 Å². The zero-order chi connectivity index (χ0) is 15.2. The van der Waals surface area contributed by atoms with Crippen molar-refractivity contribution in [3.63, 3.8) is 0 Å². The van der Waals surface area contributed by atoms with E-state index in [9.17, 15) is 10.1 Å². The molecule has 8 nitrogen and oxygen atoms in total. The summed E-state index contributed by atoms with van der Waals surface area (Å²) in [5.41, 5.74) is -0.109. The van der Waals surface area contributed by atoms with Gasteiger partial charge in [0.05, 0.1) is 10.5 Å². The van der Waals surface area contributed by atoms with Crippen molar-refractivity contribution >= 4 is 11.5 Å². The van der Waals surface area contributed by atoms with Crippen molar-refractivity contribution < 1.29 is 9.66 Å². The second kappa shape index (κ2) is 6.29. The smallest absolute Gasteiger partial charge is 0.373 e. The van der Waals surface area contributed by atoms with E-state index in [0.717, 1.165) is 6.33 Å². The van der Waals surface area contributed by atoms with Crippen molar-refractivity contribution in [2.75, 3.05) is 11.9 Å². The van der Waals surface area contributed by atoms with E-state index >= 15 is 0 Å². The summed E-state index contributed by atoms with van der Waals surface area (Å²) in [4.78, 5) is 18.2. The second-order valence-corrected chi connectivity index (χ2v) is 3.87. The number of nitriles is 1. The van der Waals surface area contributed by atoms with Crippen molar-refractivity contribution in [2.24, 2.45) is 0 Å². The summed E-state index contributed by atoms with van der Waals surface area (Å²) in [7, 11) is 0. The van der Waals surface area contributed by atoms with Gasteiger partial charge in [0.15, 0.2) is 0 Å². The first kappa shape index (κ1) is 14.2. The van der Waals surface area contributed by atoms with Gasteiger partial charge in [0, 0.05) is 6.54 Å². The minimum absolute atomic E-state index is 0.0712. The maximum Gasteiger partial charge on any atom is 0.373 e. The molecular formula is C13H11N5O3. The zero-order valence-electron chi connectivity index (χ0n) is 11.1. The lowest BCUT2D eigenvalue weighted by Gasteiger charge is -2.08. The SMILES string of the molecule is CCNc1ncnc(Oc2ccccc2C#N)c1[N+](=O)[O-]. The van der Waals surface area contributed by atoms with Crippen LogP contribution in [0.15, 0.2) is 30.6 Å². The molecule has 0 bridgehead atoms. The zero-order valence-corrected chi connectivity index (χ0v) is 11.1. The predicted octanol–water partition coefficient (Wildman–Crippen LogP) is 2.48. The summed E-state index contributed by atoms with van der Waals surface area (Å²) in [5.74, 6) is 0.0554. The van der Waals surface area contributed by atoms with Gasteiger partial charge in [-0.1, -0.05) is 12.1 Å². The minimum Gasteiger partial charge on any atom is -0.432 e. The number of rotatable bonds is 5. The number of nitrogens with zero attached hydrogens (tertiary/aromatic N) is 4. The largest absolute Gasteiger partial charge is 0.432 e. The number of benzene rings is 1. The Morgan fingerprint density at radius 1 is 1.43 bits per heavy atom. The summed E-state index contributed by atoms with van der Waals surface area (Å²) in [6, 6.07) is 8.37. The van der Waals surface area contributed by atoms with Crippen LogP contribution in [-0.2, 0) is 0 Å². The Balaban J connectivity index is 2.47. The van der Waals surface area contributed by atoms with Gasteiger partial charge in [0.25, 0.3) is 0 Å². The van der Waals surface area contributed by atoms with Crippen LogP contribution in [0.2, 0.25) is 0 Å². The molecule has 21 heavy (non-hydrogen) atoms. The van der Waals surface area contributed by atoms with Crippen LogP contribution >= 0.6 is 0 Å². The highest BCUT2D eigenvalue weighted by Gasteiger charge is 2.25. The van der Waals surface area contributed by atoms with Gasteiger partial charge in [-0.05, 0) is 19.1 Å². The second-order valence-electron chi connectivity index (χ2n) is 3.87. The highest BCUT2D eigenvalue weighted by Crippen LogP contribution is 2.34. The predicted molar refractivity (Wildman–Crippen MR) is 74.1 cm³/mol. The van der Waals surface area contributed by atoms with Crippen LogP contribution in [0.5, 0.6) is 11.6 Å². The van der Waals surface area contributed by atoms with Gasteiger partial charge in [-0.25, -0.2) is 4.98 Å². The molecule has 0 saturated heterocycles.